The molecule has 3 amide bonds. The van der Waals surface area contributed by atoms with Crippen LogP contribution in [0, 0.1) is 6.92 Å². The molecule has 2 heterocycles. The number of rotatable bonds is 5. The molecule has 0 bridgehead atoms. The van der Waals surface area contributed by atoms with E-state index in [1.54, 1.807) is 30.0 Å². The highest BCUT2D eigenvalue weighted by Gasteiger charge is 2.41. The van der Waals surface area contributed by atoms with Gasteiger partial charge in [0.05, 0.1) is 6.04 Å². The Balaban J connectivity index is 1.43. The van der Waals surface area contributed by atoms with E-state index in [1.807, 2.05) is 0 Å². The van der Waals surface area contributed by atoms with Crippen LogP contribution in [-0.4, -0.2) is 28.7 Å². The van der Waals surface area contributed by atoms with E-state index in [4.69, 9.17) is 0 Å². The van der Waals surface area contributed by atoms with Gasteiger partial charge in [0.15, 0.2) is 0 Å². The Morgan fingerprint density at radius 2 is 1.94 bits per heavy atom. The molecule has 0 aromatic heterocycles. The number of amides is 3. The van der Waals surface area contributed by atoms with Crippen LogP contribution in [-0.2, 0) is 28.6 Å². The van der Waals surface area contributed by atoms with Gasteiger partial charge in [-0.25, -0.2) is 0 Å². The maximum absolute atomic E-state index is 14.5. The van der Waals surface area contributed by atoms with E-state index in [0.717, 1.165) is 11.1 Å². The van der Waals surface area contributed by atoms with Crippen molar-refractivity contribution in [3.05, 3.63) is 82.6 Å². The van der Waals surface area contributed by atoms with E-state index in [-0.39, 0.29) is 30.0 Å². The van der Waals surface area contributed by atoms with Crippen molar-refractivity contribution >= 4 is 17.7 Å². The van der Waals surface area contributed by atoms with Crippen molar-refractivity contribution in [1.29, 1.82) is 0 Å². The molecule has 0 spiro atoms. The highest BCUT2D eigenvalue weighted by molar-refractivity contribution is 5.99. The minimum atomic E-state index is -3.65. The summed E-state index contributed by atoms with van der Waals surface area (Å²) in [5, 5.41) is 4.97. The van der Waals surface area contributed by atoms with Gasteiger partial charge in [-0.05, 0) is 30.5 Å². The minimum Gasteiger partial charge on any atom is -0.346 e. The fourth-order valence-electron chi connectivity index (χ4n) is 4.06. The normalized spacial score (nSPS) is 18.4. The predicted molar refractivity (Wildman–Crippen MR) is 114 cm³/mol. The summed E-state index contributed by atoms with van der Waals surface area (Å²) in [6.07, 6.45) is 0.817. The third-order valence-corrected chi connectivity index (χ3v) is 5.88. The van der Waals surface area contributed by atoms with Gasteiger partial charge in [0.1, 0.15) is 0 Å². The third kappa shape index (κ3) is 4.00. The van der Waals surface area contributed by atoms with Crippen LogP contribution in [0.25, 0.3) is 0 Å². The molecule has 1 fully saturated rings. The van der Waals surface area contributed by atoms with Crippen molar-refractivity contribution in [2.45, 2.75) is 44.8 Å². The smallest absolute Gasteiger partial charge is 0.346 e. The predicted octanol–water partition coefficient (Wildman–Crippen LogP) is 3.15. The standard InChI is InChI=1S/C24H23F2N3O3/c1-14-3-6-18(7-4-14)24(25,26)23(32)27-12-16-5-8-19-17(11-16)13-29(22(19)31)20-9-10-21(30)28-15(20)2/h3-8,11,20H,2,9-10,12-13H2,1H3,(H,27,32)(H,28,30). The molecule has 2 aromatic carbocycles. The second kappa shape index (κ2) is 8.18. The maximum Gasteiger partial charge on any atom is 0.349 e. The molecule has 8 heteroatoms. The van der Waals surface area contributed by atoms with Gasteiger partial charge in [0.25, 0.3) is 11.8 Å². The molecule has 1 saturated heterocycles. The molecule has 6 nitrogen and oxygen atoms in total. The van der Waals surface area contributed by atoms with Crippen LogP contribution in [0.1, 0.15) is 45.5 Å². The first-order valence-electron chi connectivity index (χ1n) is 10.3. The van der Waals surface area contributed by atoms with Gasteiger partial charge in [-0.2, -0.15) is 8.78 Å². The molecule has 0 saturated carbocycles. The van der Waals surface area contributed by atoms with E-state index in [1.165, 1.54) is 24.3 Å². The first-order chi connectivity index (χ1) is 15.2. The number of fused-ring (bicyclic) bond motifs is 1. The molecule has 0 aliphatic carbocycles. The van der Waals surface area contributed by atoms with E-state index in [2.05, 4.69) is 17.2 Å². The second-order valence-corrected chi connectivity index (χ2v) is 8.18. The Kier molecular flexibility index (Phi) is 5.54. The van der Waals surface area contributed by atoms with Crippen LogP contribution in [0.15, 0.2) is 54.7 Å². The Labute approximate surface area is 184 Å². The topological polar surface area (TPSA) is 78.5 Å². The SMILES string of the molecule is C=C1NC(=O)CCC1N1Cc2cc(CNC(=O)C(F)(F)c3ccc(C)cc3)ccc2C1=O. The number of nitrogens with zero attached hydrogens (tertiary/aromatic N) is 1. The highest BCUT2D eigenvalue weighted by Crippen LogP contribution is 2.31. The number of hydrogen-bond donors (Lipinski definition) is 2. The lowest BCUT2D eigenvalue weighted by Crippen LogP contribution is -2.45. The summed E-state index contributed by atoms with van der Waals surface area (Å²) < 4.78 is 28.9. The molecule has 4 rings (SSSR count). The lowest BCUT2D eigenvalue weighted by molar-refractivity contribution is -0.147. The van der Waals surface area contributed by atoms with Crippen LogP contribution in [0.5, 0.6) is 0 Å². The number of piperidine rings is 1. The zero-order valence-corrected chi connectivity index (χ0v) is 17.6. The number of benzene rings is 2. The highest BCUT2D eigenvalue weighted by atomic mass is 19.3. The van der Waals surface area contributed by atoms with E-state index < -0.39 is 11.8 Å². The summed E-state index contributed by atoms with van der Waals surface area (Å²) in [6.45, 7) is 5.88. The van der Waals surface area contributed by atoms with Gasteiger partial charge in [-0.1, -0.05) is 48.5 Å². The van der Waals surface area contributed by atoms with Gasteiger partial charge >= 0.3 is 5.92 Å². The number of nitrogens with one attached hydrogen (secondary N) is 2. The molecule has 1 unspecified atom stereocenters. The zero-order valence-electron chi connectivity index (χ0n) is 17.6. The molecule has 2 aliphatic heterocycles. The Bertz CT molecular complexity index is 1110. The molecule has 2 aromatic rings. The third-order valence-electron chi connectivity index (χ3n) is 5.88. The number of hydrogen-bond acceptors (Lipinski definition) is 3. The minimum absolute atomic E-state index is 0.0893. The average Bonchev–Trinajstić information content (AvgIpc) is 3.08. The number of carbonyl (C=O) groups is 3. The molecule has 2 aliphatic rings. The fraction of sp³-hybridized carbons (Fsp3) is 0.292. The van der Waals surface area contributed by atoms with Crippen molar-refractivity contribution in [3.63, 3.8) is 0 Å². The quantitative estimate of drug-likeness (QED) is 0.751. The zero-order chi connectivity index (χ0) is 23.0. The van der Waals surface area contributed by atoms with E-state index in [0.29, 0.717) is 36.2 Å². The number of carbonyl (C=O) groups excluding carboxylic acids is 3. The second-order valence-electron chi connectivity index (χ2n) is 8.18. The molecular formula is C24H23F2N3O3. The van der Waals surface area contributed by atoms with Crippen molar-refractivity contribution in [2.24, 2.45) is 0 Å². The van der Waals surface area contributed by atoms with Gasteiger partial charge in [-0.15, -0.1) is 0 Å². The maximum atomic E-state index is 14.5. The first-order valence-corrected chi connectivity index (χ1v) is 10.3. The van der Waals surface area contributed by atoms with Crippen LogP contribution in [0.3, 0.4) is 0 Å². The molecule has 166 valence electrons. The van der Waals surface area contributed by atoms with E-state index >= 15 is 0 Å². The summed E-state index contributed by atoms with van der Waals surface area (Å²) >= 11 is 0. The molecule has 0 radical (unpaired) electrons. The summed E-state index contributed by atoms with van der Waals surface area (Å²) in [5.74, 6) is -5.31. The first kappa shape index (κ1) is 21.7. The summed E-state index contributed by atoms with van der Waals surface area (Å²) in [4.78, 5) is 38.1. The van der Waals surface area contributed by atoms with Crippen LogP contribution < -0.4 is 10.6 Å². The van der Waals surface area contributed by atoms with Crippen molar-refractivity contribution in [1.82, 2.24) is 15.5 Å². The van der Waals surface area contributed by atoms with Crippen molar-refractivity contribution in [3.8, 4) is 0 Å². The van der Waals surface area contributed by atoms with Crippen LogP contribution >= 0.6 is 0 Å². The van der Waals surface area contributed by atoms with Gasteiger partial charge in [-0.3, -0.25) is 14.4 Å². The molecule has 32 heavy (non-hydrogen) atoms. The summed E-state index contributed by atoms with van der Waals surface area (Å²) in [6, 6.07) is 10.3. The Morgan fingerprint density at radius 1 is 1.22 bits per heavy atom. The molecule has 1 atom stereocenters. The van der Waals surface area contributed by atoms with Gasteiger partial charge < -0.3 is 15.5 Å². The average molecular weight is 439 g/mol. The molecular weight excluding hydrogens is 416 g/mol. The van der Waals surface area contributed by atoms with Gasteiger partial charge in [0.2, 0.25) is 5.91 Å². The van der Waals surface area contributed by atoms with Crippen LogP contribution in [0.2, 0.25) is 0 Å². The number of alkyl halides is 2. The van der Waals surface area contributed by atoms with E-state index in [9.17, 15) is 23.2 Å². The van der Waals surface area contributed by atoms with Gasteiger partial charge in [0, 0.05) is 36.3 Å². The largest absolute Gasteiger partial charge is 0.349 e. The summed E-state index contributed by atoms with van der Waals surface area (Å²) in [7, 11) is 0. The Hall–Kier alpha value is -3.55. The lowest BCUT2D eigenvalue weighted by atomic mass is 10.0. The number of aryl methyl sites for hydroxylation is 1. The fourth-order valence-corrected chi connectivity index (χ4v) is 4.06. The molecule has 2 N–H and O–H groups in total. The van der Waals surface area contributed by atoms with Crippen molar-refractivity contribution in [2.75, 3.05) is 0 Å². The number of halogens is 2. The lowest BCUT2D eigenvalue weighted by Gasteiger charge is -2.32. The van der Waals surface area contributed by atoms with Crippen molar-refractivity contribution < 1.29 is 23.2 Å². The Morgan fingerprint density at radius 3 is 2.62 bits per heavy atom. The monoisotopic (exact) mass is 439 g/mol. The van der Waals surface area contributed by atoms with Crippen LogP contribution in [0.4, 0.5) is 8.78 Å². The summed E-state index contributed by atoms with van der Waals surface area (Å²) in [5.41, 5.74) is 2.84.